The molecule has 0 radical (unpaired) electrons. The van der Waals surface area contributed by atoms with E-state index in [9.17, 15) is 9.90 Å². The number of amides is 1. The standard InChI is InChI=1S/C14H17NO2/c1-15(14(17)12-4-2-3-5-12)10-11-6-8-13(16)9-7-11/h2-3,6-9,12,16H,4-5,10H2,1H3. The Balaban J connectivity index is 1.94. The Kier molecular flexibility index (Phi) is 3.47. The molecule has 0 atom stereocenters. The Morgan fingerprint density at radius 2 is 1.88 bits per heavy atom. The molecule has 0 heterocycles. The number of rotatable bonds is 3. The van der Waals surface area contributed by atoms with Crippen LogP contribution in [0, 0.1) is 5.92 Å². The summed E-state index contributed by atoms with van der Waals surface area (Å²) in [6.07, 6.45) is 5.85. The molecule has 0 spiro atoms. The van der Waals surface area contributed by atoms with Crippen molar-refractivity contribution in [1.29, 1.82) is 0 Å². The number of allylic oxidation sites excluding steroid dienone is 2. The zero-order valence-corrected chi connectivity index (χ0v) is 9.97. The average Bonchev–Trinajstić information content (AvgIpc) is 2.84. The van der Waals surface area contributed by atoms with Gasteiger partial charge in [0.05, 0.1) is 0 Å². The molecule has 2 rings (SSSR count). The molecule has 0 saturated heterocycles. The van der Waals surface area contributed by atoms with Crippen molar-refractivity contribution in [3.63, 3.8) is 0 Å². The summed E-state index contributed by atoms with van der Waals surface area (Å²) in [4.78, 5) is 13.8. The van der Waals surface area contributed by atoms with Crippen LogP contribution >= 0.6 is 0 Å². The number of carbonyl (C=O) groups excluding carboxylic acids is 1. The van der Waals surface area contributed by atoms with Gasteiger partial charge in [-0.2, -0.15) is 0 Å². The van der Waals surface area contributed by atoms with E-state index in [-0.39, 0.29) is 17.6 Å². The van der Waals surface area contributed by atoms with Gasteiger partial charge in [-0.15, -0.1) is 0 Å². The van der Waals surface area contributed by atoms with Crippen molar-refractivity contribution >= 4 is 5.91 Å². The Hall–Kier alpha value is -1.77. The second-order valence-electron chi connectivity index (χ2n) is 4.50. The van der Waals surface area contributed by atoms with Gasteiger partial charge in [0.1, 0.15) is 5.75 Å². The average molecular weight is 231 g/mol. The van der Waals surface area contributed by atoms with Crippen LogP contribution in [0.4, 0.5) is 0 Å². The van der Waals surface area contributed by atoms with Crippen LogP contribution in [0.15, 0.2) is 36.4 Å². The molecule has 0 aromatic heterocycles. The fourth-order valence-electron chi connectivity index (χ4n) is 2.08. The molecule has 90 valence electrons. The molecule has 1 amide bonds. The van der Waals surface area contributed by atoms with E-state index in [2.05, 4.69) is 12.2 Å². The molecule has 3 heteroatoms. The third-order valence-corrected chi connectivity index (χ3v) is 3.09. The number of hydrogen-bond donors (Lipinski definition) is 1. The van der Waals surface area contributed by atoms with Crippen LogP contribution < -0.4 is 0 Å². The van der Waals surface area contributed by atoms with Crippen LogP contribution in [0.3, 0.4) is 0 Å². The first-order chi connectivity index (χ1) is 8.16. The van der Waals surface area contributed by atoms with E-state index in [0.717, 1.165) is 18.4 Å². The highest BCUT2D eigenvalue weighted by molar-refractivity contribution is 5.79. The van der Waals surface area contributed by atoms with Gasteiger partial charge in [0.2, 0.25) is 5.91 Å². The van der Waals surface area contributed by atoms with Gasteiger partial charge in [0.25, 0.3) is 0 Å². The van der Waals surface area contributed by atoms with E-state index < -0.39 is 0 Å². The summed E-state index contributed by atoms with van der Waals surface area (Å²) in [6, 6.07) is 6.97. The SMILES string of the molecule is CN(Cc1ccc(O)cc1)C(=O)C1CC=CC1. The van der Waals surface area contributed by atoms with Crippen LogP contribution in [0.5, 0.6) is 5.75 Å². The highest BCUT2D eigenvalue weighted by Crippen LogP contribution is 2.21. The molecule has 0 aliphatic heterocycles. The third kappa shape index (κ3) is 2.87. The molecule has 1 aliphatic rings. The Morgan fingerprint density at radius 3 is 2.47 bits per heavy atom. The molecule has 1 aromatic rings. The minimum Gasteiger partial charge on any atom is -0.508 e. The number of aromatic hydroxyl groups is 1. The van der Waals surface area contributed by atoms with Gasteiger partial charge in [0, 0.05) is 19.5 Å². The van der Waals surface area contributed by atoms with Gasteiger partial charge in [-0.25, -0.2) is 0 Å². The van der Waals surface area contributed by atoms with Crippen LogP contribution in [0.2, 0.25) is 0 Å². The maximum atomic E-state index is 12.1. The molecule has 3 nitrogen and oxygen atoms in total. The number of hydrogen-bond acceptors (Lipinski definition) is 2. The minimum atomic E-state index is 0.122. The van der Waals surface area contributed by atoms with Gasteiger partial charge < -0.3 is 10.0 Å². The molecule has 17 heavy (non-hydrogen) atoms. The third-order valence-electron chi connectivity index (χ3n) is 3.09. The number of carbonyl (C=O) groups is 1. The molecule has 1 aromatic carbocycles. The smallest absolute Gasteiger partial charge is 0.226 e. The highest BCUT2D eigenvalue weighted by atomic mass is 16.3. The van der Waals surface area contributed by atoms with Crippen molar-refractivity contribution in [3.05, 3.63) is 42.0 Å². The van der Waals surface area contributed by atoms with Gasteiger partial charge in [0.15, 0.2) is 0 Å². The molecule has 0 bridgehead atoms. The summed E-state index contributed by atoms with van der Waals surface area (Å²) in [5.74, 6) is 0.572. The van der Waals surface area contributed by atoms with E-state index in [4.69, 9.17) is 0 Å². The van der Waals surface area contributed by atoms with Crippen LogP contribution in [-0.2, 0) is 11.3 Å². The lowest BCUT2D eigenvalue weighted by Gasteiger charge is -2.21. The summed E-state index contributed by atoms with van der Waals surface area (Å²) in [7, 11) is 1.83. The summed E-state index contributed by atoms with van der Waals surface area (Å²) in [5.41, 5.74) is 1.03. The van der Waals surface area contributed by atoms with Crippen LogP contribution in [0.1, 0.15) is 18.4 Å². The van der Waals surface area contributed by atoms with Crippen molar-refractivity contribution < 1.29 is 9.90 Å². The fourth-order valence-corrected chi connectivity index (χ4v) is 2.08. The number of phenols is 1. The lowest BCUT2D eigenvalue weighted by Crippen LogP contribution is -2.31. The van der Waals surface area contributed by atoms with Crippen molar-refractivity contribution in [1.82, 2.24) is 4.90 Å². The first-order valence-electron chi connectivity index (χ1n) is 5.84. The molecule has 1 N–H and O–H groups in total. The first kappa shape index (κ1) is 11.7. The Labute approximate surface area is 101 Å². The zero-order valence-electron chi connectivity index (χ0n) is 9.97. The van der Waals surface area contributed by atoms with Crippen molar-refractivity contribution in [2.75, 3.05) is 7.05 Å². The van der Waals surface area contributed by atoms with Crippen molar-refractivity contribution in [3.8, 4) is 5.75 Å². The Bertz CT molecular complexity index is 414. The molecular formula is C14H17NO2. The summed E-state index contributed by atoms with van der Waals surface area (Å²) >= 11 is 0. The summed E-state index contributed by atoms with van der Waals surface area (Å²) < 4.78 is 0. The predicted octanol–water partition coefficient (Wildman–Crippen LogP) is 2.32. The zero-order chi connectivity index (χ0) is 12.3. The van der Waals surface area contributed by atoms with Crippen molar-refractivity contribution in [2.24, 2.45) is 5.92 Å². The van der Waals surface area contributed by atoms with Crippen molar-refractivity contribution in [2.45, 2.75) is 19.4 Å². The maximum Gasteiger partial charge on any atom is 0.226 e. The number of benzene rings is 1. The predicted molar refractivity (Wildman–Crippen MR) is 66.4 cm³/mol. The Morgan fingerprint density at radius 1 is 1.29 bits per heavy atom. The lowest BCUT2D eigenvalue weighted by molar-refractivity contribution is -0.134. The lowest BCUT2D eigenvalue weighted by atomic mass is 10.1. The number of phenolic OH excluding ortho intramolecular Hbond substituents is 1. The van der Waals surface area contributed by atoms with Gasteiger partial charge in [-0.05, 0) is 30.5 Å². The van der Waals surface area contributed by atoms with E-state index >= 15 is 0 Å². The first-order valence-corrected chi connectivity index (χ1v) is 5.84. The molecule has 0 fully saturated rings. The molecular weight excluding hydrogens is 214 g/mol. The largest absolute Gasteiger partial charge is 0.508 e. The molecule has 0 unspecified atom stereocenters. The molecule has 0 saturated carbocycles. The van der Waals surface area contributed by atoms with E-state index in [1.54, 1.807) is 17.0 Å². The second-order valence-corrected chi connectivity index (χ2v) is 4.50. The molecule has 1 aliphatic carbocycles. The normalized spacial score (nSPS) is 15.1. The number of nitrogens with zero attached hydrogens (tertiary/aromatic N) is 1. The quantitative estimate of drug-likeness (QED) is 0.811. The van der Waals surface area contributed by atoms with E-state index in [0.29, 0.717) is 6.54 Å². The van der Waals surface area contributed by atoms with Gasteiger partial charge >= 0.3 is 0 Å². The van der Waals surface area contributed by atoms with Crippen LogP contribution in [0.25, 0.3) is 0 Å². The topological polar surface area (TPSA) is 40.5 Å². The second kappa shape index (κ2) is 5.04. The van der Waals surface area contributed by atoms with Gasteiger partial charge in [-0.3, -0.25) is 4.79 Å². The minimum absolute atomic E-state index is 0.122. The van der Waals surface area contributed by atoms with E-state index in [1.165, 1.54) is 0 Å². The maximum absolute atomic E-state index is 12.1. The van der Waals surface area contributed by atoms with E-state index in [1.807, 2.05) is 19.2 Å². The highest BCUT2D eigenvalue weighted by Gasteiger charge is 2.22. The van der Waals surface area contributed by atoms with Crippen LogP contribution in [-0.4, -0.2) is 23.0 Å². The van der Waals surface area contributed by atoms with Gasteiger partial charge in [-0.1, -0.05) is 24.3 Å². The fraction of sp³-hybridized carbons (Fsp3) is 0.357. The summed E-state index contributed by atoms with van der Waals surface area (Å²) in [6.45, 7) is 0.593. The monoisotopic (exact) mass is 231 g/mol. The summed E-state index contributed by atoms with van der Waals surface area (Å²) in [5, 5.41) is 9.18.